The molecular weight excluding hydrogens is 246 g/mol. The van der Waals surface area contributed by atoms with Gasteiger partial charge in [0, 0.05) is 16.1 Å². The van der Waals surface area contributed by atoms with E-state index in [-0.39, 0.29) is 18.6 Å². The summed E-state index contributed by atoms with van der Waals surface area (Å²) in [6.45, 7) is 1.69. The molecule has 0 aliphatic heterocycles. The summed E-state index contributed by atoms with van der Waals surface area (Å²) < 4.78 is 0.934. The van der Waals surface area contributed by atoms with Crippen LogP contribution in [0.4, 0.5) is 0 Å². The van der Waals surface area contributed by atoms with Crippen LogP contribution in [-0.2, 0) is 0 Å². The molecule has 0 saturated heterocycles. The Balaban J connectivity index is 2.65. The van der Waals surface area contributed by atoms with Gasteiger partial charge in [0.05, 0.1) is 6.61 Å². The normalized spacial score (nSPS) is 12.2. The van der Waals surface area contributed by atoms with Gasteiger partial charge in [0.2, 0.25) is 0 Å². The molecule has 1 aromatic carbocycles. The number of nitrogens with one attached hydrogen (secondary N) is 1. The molecule has 0 aliphatic rings. The van der Waals surface area contributed by atoms with Crippen molar-refractivity contribution in [2.24, 2.45) is 0 Å². The van der Waals surface area contributed by atoms with E-state index in [0.717, 1.165) is 4.47 Å². The average Bonchev–Trinajstić information content (AvgIpc) is 2.18. The number of carbonyl (C=O) groups is 1. The van der Waals surface area contributed by atoms with Gasteiger partial charge in [-0.1, -0.05) is 15.9 Å². The van der Waals surface area contributed by atoms with Crippen LogP contribution in [0, 0.1) is 0 Å². The van der Waals surface area contributed by atoms with Crippen molar-refractivity contribution in [1.82, 2.24) is 5.32 Å². The lowest BCUT2D eigenvalue weighted by Gasteiger charge is -2.10. The van der Waals surface area contributed by atoms with Crippen LogP contribution in [0.3, 0.4) is 0 Å². The lowest BCUT2D eigenvalue weighted by atomic mass is 10.2. The number of halogens is 1. The van der Waals surface area contributed by atoms with Crippen molar-refractivity contribution in [2.75, 3.05) is 6.61 Å². The van der Waals surface area contributed by atoms with Crippen molar-refractivity contribution >= 4 is 21.8 Å². The third-order valence-corrected chi connectivity index (χ3v) is 2.29. The Morgan fingerprint density at radius 1 is 1.50 bits per heavy atom. The predicted molar refractivity (Wildman–Crippen MR) is 58.2 cm³/mol. The zero-order valence-corrected chi connectivity index (χ0v) is 9.41. The number of aliphatic hydroxyl groups is 1. The molecule has 0 bridgehead atoms. The summed E-state index contributed by atoms with van der Waals surface area (Å²) in [5, 5.41) is 11.4. The van der Waals surface area contributed by atoms with Crippen LogP contribution in [0.1, 0.15) is 17.3 Å². The van der Waals surface area contributed by atoms with Crippen LogP contribution in [0.25, 0.3) is 0 Å². The summed E-state index contributed by atoms with van der Waals surface area (Å²) in [4.78, 5) is 11.5. The van der Waals surface area contributed by atoms with Crippen molar-refractivity contribution in [3.05, 3.63) is 34.3 Å². The maximum atomic E-state index is 11.5. The topological polar surface area (TPSA) is 49.3 Å². The minimum atomic E-state index is -0.217. The van der Waals surface area contributed by atoms with Crippen molar-refractivity contribution in [3.8, 4) is 0 Å². The van der Waals surface area contributed by atoms with E-state index in [9.17, 15) is 4.79 Å². The van der Waals surface area contributed by atoms with Gasteiger partial charge >= 0.3 is 0 Å². The lowest BCUT2D eigenvalue weighted by Crippen LogP contribution is -2.34. The van der Waals surface area contributed by atoms with E-state index >= 15 is 0 Å². The van der Waals surface area contributed by atoms with Gasteiger partial charge in [-0.25, -0.2) is 0 Å². The largest absolute Gasteiger partial charge is 0.394 e. The Labute approximate surface area is 91.3 Å². The molecule has 76 valence electrons. The van der Waals surface area contributed by atoms with E-state index < -0.39 is 0 Å². The Kier molecular flexibility index (Phi) is 4.10. The predicted octanol–water partition coefficient (Wildman–Crippen LogP) is 1.56. The molecule has 14 heavy (non-hydrogen) atoms. The van der Waals surface area contributed by atoms with Crippen molar-refractivity contribution in [2.45, 2.75) is 13.0 Å². The standard InChI is InChI=1S/C10H12BrNO2/c1-7(6-13)12-10(14)8-2-4-9(11)5-3-8/h2-5,7,13H,6H2,1H3,(H,12,14)/t7-/m1/s1. The Morgan fingerprint density at radius 3 is 2.57 bits per heavy atom. The van der Waals surface area contributed by atoms with Crippen LogP contribution in [0.5, 0.6) is 0 Å². The molecule has 0 aromatic heterocycles. The van der Waals surface area contributed by atoms with Crippen LogP contribution in [0.15, 0.2) is 28.7 Å². The molecular formula is C10H12BrNO2. The number of amides is 1. The molecule has 0 saturated carbocycles. The zero-order chi connectivity index (χ0) is 10.6. The Morgan fingerprint density at radius 2 is 2.07 bits per heavy atom. The number of hydrogen-bond acceptors (Lipinski definition) is 2. The molecule has 0 heterocycles. The number of hydrogen-bond donors (Lipinski definition) is 2. The first kappa shape index (κ1) is 11.2. The molecule has 0 fully saturated rings. The molecule has 1 amide bonds. The van der Waals surface area contributed by atoms with Crippen LogP contribution < -0.4 is 5.32 Å². The highest BCUT2D eigenvalue weighted by Crippen LogP contribution is 2.10. The van der Waals surface area contributed by atoms with E-state index in [1.807, 2.05) is 0 Å². The first-order valence-electron chi connectivity index (χ1n) is 4.30. The summed E-state index contributed by atoms with van der Waals surface area (Å²) in [6.07, 6.45) is 0. The summed E-state index contributed by atoms with van der Waals surface area (Å²) in [7, 11) is 0. The van der Waals surface area contributed by atoms with Crippen molar-refractivity contribution < 1.29 is 9.90 Å². The SMILES string of the molecule is C[C@H](CO)NC(=O)c1ccc(Br)cc1. The first-order chi connectivity index (χ1) is 6.63. The van der Waals surface area contributed by atoms with Gasteiger partial charge in [0.25, 0.3) is 5.91 Å². The summed E-state index contributed by atoms with van der Waals surface area (Å²) in [5.41, 5.74) is 0.591. The quantitative estimate of drug-likeness (QED) is 0.864. The fourth-order valence-electron chi connectivity index (χ4n) is 0.954. The molecule has 0 radical (unpaired) electrons. The molecule has 4 heteroatoms. The third-order valence-electron chi connectivity index (χ3n) is 1.76. The van der Waals surface area contributed by atoms with E-state index in [1.54, 1.807) is 31.2 Å². The number of rotatable bonds is 3. The van der Waals surface area contributed by atoms with Gasteiger partial charge in [0.15, 0.2) is 0 Å². The summed E-state index contributed by atoms with van der Waals surface area (Å²) in [6, 6.07) is 6.84. The van der Waals surface area contributed by atoms with E-state index in [0.29, 0.717) is 5.56 Å². The third kappa shape index (κ3) is 3.12. The maximum Gasteiger partial charge on any atom is 0.251 e. The minimum Gasteiger partial charge on any atom is -0.394 e. The molecule has 0 aliphatic carbocycles. The van der Waals surface area contributed by atoms with Gasteiger partial charge in [-0.05, 0) is 31.2 Å². The fourth-order valence-corrected chi connectivity index (χ4v) is 1.22. The van der Waals surface area contributed by atoms with Crippen molar-refractivity contribution in [3.63, 3.8) is 0 Å². The highest BCUT2D eigenvalue weighted by Gasteiger charge is 2.07. The van der Waals surface area contributed by atoms with Gasteiger partial charge in [-0.3, -0.25) is 4.79 Å². The van der Waals surface area contributed by atoms with Crippen LogP contribution in [-0.4, -0.2) is 23.7 Å². The molecule has 1 atom stereocenters. The summed E-state index contributed by atoms with van der Waals surface area (Å²) in [5.74, 6) is -0.168. The second-order valence-electron chi connectivity index (χ2n) is 3.06. The Hall–Kier alpha value is -0.870. The minimum absolute atomic E-state index is 0.0533. The van der Waals surface area contributed by atoms with Gasteiger partial charge in [-0.2, -0.15) is 0 Å². The van der Waals surface area contributed by atoms with E-state index in [1.165, 1.54) is 0 Å². The lowest BCUT2D eigenvalue weighted by molar-refractivity contribution is 0.0922. The van der Waals surface area contributed by atoms with Crippen LogP contribution >= 0.6 is 15.9 Å². The number of benzene rings is 1. The van der Waals surface area contributed by atoms with E-state index in [4.69, 9.17) is 5.11 Å². The van der Waals surface area contributed by atoms with Gasteiger partial charge in [-0.15, -0.1) is 0 Å². The second kappa shape index (κ2) is 5.12. The van der Waals surface area contributed by atoms with Crippen LogP contribution in [0.2, 0.25) is 0 Å². The molecule has 1 rings (SSSR count). The highest BCUT2D eigenvalue weighted by molar-refractivity contribution is 9.10. The average molecular weight is 258 g/mol. The van der Waals surface area contributed by atoms with Gasteiger partial charge < -0.3 is 10.4 Å². The molecule has 3 nitrogen and oxygen atoms in total. The Bertz CT molecular complexity index is 310. The zero-order valence-electron chi connectivity index (χ0n) is 7.83. The highest BCUT2D eigenvalue weighted by atomic mass is 79.9. The van der Waals surface area contributed by atoms with Gasteiger partial charge in [0.1, 0.15) is 0 Å². The first-order valence-corrected chi connectivity index (χ1v) is 5.10. The molecule has 0 unspecified atom stereocenters. The molecule has 0 spiro atoms. The molecule has 1 aromatic rings. The number of aliphatic hydroxyl groups excluding tert-OH is 1. The molecule has 2 N–H and O–H groups in total. The second-order valence-corrected chi connectivity index (χ2v) is 3.98. The summed E-state index contributed by atoms with van der Waals surface area (Å²) >= 11 is 3.29. The smallest absolute Gasteiger partial charge is 0.251 e. The monoisotopic (exact) mass is 257 g/mol. The van der Waals surface area contributed by atoms with Crippen molar-refractivity contribution in [1.29, 1.82) is 0 Å². The van der Waals surface area contributed by atoms with E-state index in [2.05, 4.69) is 21.2 Å². The number of carbonyl (C=O) groups excluding carboxylic acids is 1. The maximum absolute atomic E-state index is 11.5. The fraction of sp³-hybridized carbons (Fsp3) is 0.300.